The number of ether oxygens (including phenoxy) is 2. The quantitative estimate of drug-likeness (QED) is 0.0222. The van der Waals surface area contributed by atoms with Crippen LogP contribution in [0.4, 0.5) is 0 Å². The fourth-order valence-corrected chi connectivity index (χ4v) is 6.00. The van der Waals surface area contributed by atoms with E-state index in [1.807, 2.05) is 21.1 Å². The normalized spacial score (nSPS) is 14.1. The molecule has 0 rings (SSSR count). The number of nitrogens with zero attached hydrogens (tertiary/aromatic N) is 1. The Labute approximate surface area is 312 Å². The van der Waals surface area contributed by atoms with E-state index in [0.717, 1.165) is 70.6 Å². The van der Waals surface area contributed by atoms with Crippen LogP contribution in [0.25, 0.3) is 0 Å². The summed E-state index contributed by atoms with van der Waals surface area (Å²) < 4.78 is 34.2. The number of phosphoric acid groups is 1. The minimum atomic E-state index is -4.37. The maximum absolute atomic E-state index is 12.6. The zero-order chi connectivity index (χ0) is 37.9. The van der Waals surface area contributed by atoms with E-state index in [9.17, 15) is 19.0 Å². The summed E-state index contributed by atoms with van der Waals surface area (Å²) in [5.74, 6) is -0.818. The minimum Gasteiger partial charge on any atom is -0.462 e. The summed E-state index contributed by atoms with van der Waals surface area (Å²) in [5, 5.41) is 0. The molecule has 1 N–H and O–H groups in total. The van der Waals surface area contributed by atoms with Crippen LogP contribution in [0, 0.1) is 0 Å². The van der Waals surface area contributed by atoms with E-state index in [0.29, 0.717) is 17.4 Å². The number of carbonyl (C=O) groups excluding carboxylic acids is 2. The molecule has 0 bridgehead atoms. The second-order valence-corrected chi connectivity index (χ2v) is 16.1. The van der Waals surface area contributed by atoms with Crippen molar-refractivity contribution in [2.45, 2.75) is 168 Å². The van der Waals surface area contributed by atoms with Gasteiger partial charge in [-0.05, 0) is 44.9 Å². The zero-order valence-corrected chi connectivity index (χ0v) is 34.2. The Morgan fingerprint density at radius 2 is 1.12 bits per heavy atom. The standard InChI is InChI=1S/C41H76NO8P/c1-6-8-10-12-14-16-18-20-21-22-24-25-27-29-31-33-40(43)47-37-39(38-49-51(45,46)48-36-35-42(3,4)5)50-41(44)34-32-30-28-26-23-19-17-15-13-11-9-7-2/h8,10,14,16,20-21,39H,6-7,9,11-13,15,17-19,22-38H2,1-5H3/p+1/b10-8-,16-14-,21-20-/t39-/m1/s1. The Kier molecular flexibility index (Phi) is 32.8. The molecule has 0 spiro atoms. The molecule has 10 heteroatoms. The molecule has 0 aliphatic heterocycles. The molecule has 0 amide bonds. The van der Waals surface area contributed by atoms with E-state index in [-0.39, 0.29) is 32.0 Å². The predicted molar refractivity (Wildman–Crippen MR) is 210 cm³/mol. The van der Waals surface area contributed by atoms with Gasteiger partial charge in [0.15, 0.2) is 6.10 Å². The van der Waals surface area contributed by atoms with Crippen molar-refractivity contribution >= 4 is 19.8 Å². The highest BCUT2D eigenvalue weighted by Crippen LogP contribution is 2.43. The van der Waals surface area contributed by atoms with Gasteiger partial charge < -0.3 is 18.9 Å². The molecule has 0 radical (unpaired) electrons. The lowest BCUT2D eigenvalue weighted by molar-refractivity contribution is -0.870. The summed E-state index contributed by atoms with van der Waals surface area (Å²) in [6.07, 6.45) is 36.1. The van der Waals surface area contributed by atoms with E-state index in [1.54, 1.807) is 0 Å². The topological polar surface area (TPSA) is 108 Å². The molecule has 1 unspecified atom stereocenters. The highest BCUT2D eigenvalue weighted by molar-refractivity contribution is 7.47. The van der Waals surface area contributed by atoms with Crippen molar-refractivity contribution in [2.75, 3.05) is 47.5 Å². The van der Waals surface area contributed by atoms with Crippen molar-refractivity contribution in [3.63, 3.8) is 0 Å². The molecule has 51 heavy (non-hydrogen) atoms. The maximum atomic E-state index is 12.6. The molecule has 9 nitrogen and oxygen atoms in total. The first-order valence-electron chi connectivity index (χ1n) is 20.2. The molecular formula is C41H77NO8P+. The number of hydrogen-bond donors (Lipinski definition) is 1. The first-order chi connectivity index (χ1) is 24.5. The molecular weight excluding hydrogens is 665 g/mol. The summed E-state index contributed by atoms with van der Waals surface area (Å²) in [7, 11) is 1.46. The number of hydrogen-bond acceptors (Lipinski definition) is 7. The number of allylic oxidation sites excluding steroid dienone is 6. The van der Waals surface area contributed by atoms with Crippen molar-refractivity contribution < 1.29 is 42.1 Å². The van der Waals surface area contributed by atoms with Crippen LogP contribution < -0.4 is 0 Å². The van der Waals surface area contributed by atoms with Gasteiger partial charge in [0.2, 0.25) is 0 Å². The third kappa shape index (κ3) is 37.8. The summed E-state index contributed by atoms with van der Waals surface area (Å²) in [4.78, 5) is 35.2. The average molecular weight is 743 g/mol. The lowest BCUT2D eigenvalue weighted by Crippen LogP contribution is -2.37. The van der Waals surface area contributed by atoms with E-state index in [1.165, 1.54) is 57.8 Å². The second kappa shape index (κ2) is 34.0. The largest absolute Gasteiger partial charge is 0.472 e. The number of likely N-dealkylation sites (N-methyl/N-ethyl adjacent to an activating group) is 1. The van der Waals surface area contributed by atoms with Gasteiger partial charge in [0, 0.05) is 12.8 Å². The zero-order valence-electron chi connectivity index (χ0n) is 33.3. The first kappa shape index (κ1) is 49.2. The van der Waals surface area contributed by atoms with Crippen LogP contribution in [0.2, 0.25) is 0 Å². The molecule has 0 heterocycles. The maximum Gasteiger partial charge on any atom is 0.472 e. The molecule has 2 atom stereocenters. The Hall–Kier alpha value is -1.77. The summed E-state index contributed by atoms with van der Waals surface area (Å²) in [5.41, 5.74) is 0. The van der Waals surface area contributed by atoms with Crippen LogP contribution in [-0.4, -0.2) is 74.9 Å². The predicted octanol–water partition coefficient (Wildman–Crippen LogP) is 11.0. The second-order valence-electron chi connectivity index (χ2n) is 14.6. The fraction of sp³-hybridized carbons (Fsp3) is 0.805. The number of carbonyl (C=O) groups is 2. The van der Waals surface area contributed by atoms with Gasteiger partial charge in [-0.15, -0.1) is 0 Å². The van der Waals surface area contributed by atoms with E-state index >= 15 is 0 Å². The van der Waals surface area contributed by atoms with Gasteiger partial charge >= 0.3 is 19.8 Å². The van der Waals surface area contributed by atoms with E-state index in [4.69, 9.17) is 18.5 Å². The van der Waals surface area contributed by atoms with Crippen LogP contribution in [-0.2, 0) is 32.7 Å². The Morgan fingerprint density at radius 3 is 1.67 bits per heavy atom. The van der Waals surface area contributed by atoms with Crippen molar-refractivity contribution in [1.29, 1.82) is 0 Å². The van der Waals surface area contributed by atoms with Crippen LogP contribution in [0.3, 0.4) is 0 Å². The number of esters is 2. The molecule has 0 aliphatic carbocycles. The molecule has 0 saturated heterocycles. The Morgan fingerprint density at radius 1 is 0.627 bits per heavy atom. The van der Waals surface area contributed by atoms with Gasteiger partial charge in [-0.1, -0.05) is 140 Å². The summed E-state index contributed by atoms with van der Waals surface area (Å²) in [6, 6.07) is 0. The van der Waals surface area contributed by atoms with Crippen molar-refractivity contribution in [3.8, 4) is 0 Å². The molecule has 0 fully saturated rings. The lowest BCUT2D eigenvalue weighted by Gasteiger charge is -2.24. The first-order valence-corrected chi connectivity index (χ1v) is 21.7. The summed E-state index contributed by atoms with van der Waals surface area (Å²) in [6.45, 7) is 4.28. The smallest absolute Gasteiger partial charge is 0.462 e. The van der Waals surface area contributed by atoms with Crippen LogP contribution >= 0.6 is 7.82 Å². The molecule has 0 aromatic rings. The van der Waals surface area contributed by atoms with E-state index < -0.39 is 26.5 Å². The molecule has 0 aliphatic rings. The van der Waals surface area contributed by atoms with Gasteiger partial charge in [0.05, 0.1) is 27.7 Å². The van der Waals surface area contributed by atoms with Crippen molar-refractivity contribution in [2.24, 2.45) is 0 Å². The third-order valence-electron chi connectivity index (χ3n) is 8.43. The fourth-order valence-electron chi connectivity index (χ4n) is 5.26. The van der Waals surface area contributed by atoms with Crippen molar-refractivity contribution in [3.05, 3.63) is 36.5 Å². The van der Waals surface area contributed by atoms with Gasteiger partial charge in [0.1, 0.15) is 19.8 Å². The number of unbranched alkanes of at least 4 members (excludes halogenated alkanes) is 16. The van der Waals surface area contributed by atoms with Gasteiger partial charge in [0.25, 0.3) is 0 Å². The number of phosphoric ester groups is 1. The van der Waals surface area contributed by atoms with Crippen molar-refractivity contribution in [1.82, 2.24) is 0 Å². The molecule has 0 saturated carbocycles. The monoisotopic (exact) mass is 743 g/mol. The number of rotatable bonds is 36. The Bertz CT molecular complexity index is 975. The summed E-state index contributed by atoms with van der Waals surface area (Å²) >= 11 is 0. The number of quaternary nitrogens is 1. The van der Waals surface area contributed by atoms with Gasteiger partial charge in [-0.2, -0.15) is 0 Å². The van der Waals surface area contributed by atoms with Gasteiger partial charge in [-0.25, -0.2) is 4.57 Å². The van der Waals surface area contributed by atoms with Gasteiger partial charge in [-0.3, -0.25) is 18.6 Å². The molecule has 0 aromatic heterocycles. The SMILES string of the molecule is CC/C=C\C/C=C\C/C=C\CCCCCCCC(=O)OC[C@H](COP(=O)(O)OCC[N+](C)(C)C)OC(=O)CCCCCCCCCCCCCC. The lowest BCUT2D eigenvalue weighted by atomic mass is 10.0. The van der Waals surface area contributed by atoms with Crippen LogP contribution in [0.5, 0.6) is 0 Å². The van der Waals surface area contributed by atoms with E-state index in [2.05, 4.69) is 50.3 Å². The third-order valence-corrected chi connectivity index (χ3v) is 9.42. The highest BCUT2D eigenvalue weighted by Gasteiger charge is 2.27. The molecule has 298 valence electrons. The molecule has 0 aromatic carbocycles. The average Bonchev–Trinajstić information content (AvgIpc) is 3.07. The minimum absolute atomic E-state index is 0.0292. The highest BCUT2D eigenvalue weighted by atomic mass is 31.2. The Balaban J connectivity index is 4.42. The van der Waals surface area contributed by atoms with Crippen LogP contribution in [0.1, 0.15) is 162 Å². The van der Waals surface area contributed by atoms with Crippen LogP contribution in [0.15, 0.2) is 36.5 Å².